The molecule has 0 atom stereocenters. The quantitative estimate of drug-likeness (QED) is 0.751. The predicted molar refractivity (Wildman–Crippen MR) is 109 cm³/mol. The normalized spacial score (nSPS) is 15.8. The van der Waals surface area contributed by atoms with E-state index in [-0.39, 0.29) is 0 Å². The van der Waals surface area contributed by atoms with Crippen LogP contribution in [-0.2, 0) is 6.54 Å². The van der Waals surface area contributed by atoms with Gasteiger partial charge in [-0.1, -0.05) is 73.3 Å². The first kappa shape index (κ1) is 16.8. The lowest BCUT2D eigenvalue weighted by molar-refractivity contribution is 0.104. The molecule has 3 heteroatoms. The second kappa shape index (κ2) is 7.73. The molecule has 1 heterocycles. The number of fused-ring (bicyclic) bond motifs is 1. The van der Waals surface area contributed by atoms with Gasteiger partial charge in [0.25, 0.3) is 0 Å². The highest BCUT2D eigenvalue weighted by Gasteiger charge is 2.17. The highest BCUT2D eigenvalue weighted by Crippen LogP contribution is 2.19. The molecule has 1 saturated heterocycles. The monoisotopic (exact) mass is 343 g/mol. The summed E-state index contributed by atoms with van der Waals surface area (Å²) in [5.74, 6) is 0. The molecule has 1 N–H and O–H groups in total. The van der Waals surface area contributed by atoms with Crippen LogP contribution in [-0.4, -0.2) is 36.1 Å². The Labute approximate surface area is 155 Å². The van der Waals surface area contributed by atoms with Gasteiger partial charge in [0.1, 0.15) is 0 Å². The number of benzene rings is 3. The van der Waals surface area contributed by atoms with Gasteiger partial charge in [-0.2, -0.15) is 0 Å². The summed E-state index contributed by atoms with van der Waals surface area (Å²) in [6.07, 6.45) is 0. The van der Waals surface area contributed by atoms with Crippen molar-refractivity contribution in [1.29, 1.82) is 0 Å². The summed E-state index contributed by atoms with van der Waals surface area (Å²) >= 11 is 0. The molecule has 0 saturated carbocycles. The van der Waals surface area contributed by atoms with Gasteiger partial charge in [-0.25, -0.2) is 5.01 Å². The topological polar surface area (TPSA) is 18.5 Å². The Morgan fingerprint density at radius 1 is 0.808 bits per heavy atom. The van der Waals surface area contributed by atoms with Gasteiger partial charge in [0.05, 0.1) is 0 Å². The molecule has 3 nitrogen and oxygen atoms in total. The first-order valence-corrected chi connectivity index (χ1v) is 9.24. The minimum Gasteiger partial charge on any atom is -0.319 e. The molecule has 1 aliphatic heterocycles. The average Bonchev–Trinajstić information content (AvgIpc) is 2.70. The summed E-state index contributed by atoms with van der Waals surface area (Å²) in [6.45, 7) is 9.40. The van der Waals surface area contributed by atoms with Crippen molar-refractivity contribution in [3.05, 3.63) is 90.5 Å². The summed E-state index contributed by atoms with van der Waals surface area (Å²) < 4.78 is 0. The average molecular weight is 343 g/mol. The van der Waals surface area contributed by atoms with E-state index in [0.717, 1.165) is 44.0 Å². The summed E-state index contributed by atoms with van der Waals surface area (Å²) in [5.41, 5.74) is 6.99. The number of hydrogen-bond acceptors (Lipinski definition) is 3. The molecule has 3 aromatic rings. The van der Waals surface area contributed by atoms with Crippen molar-refractivity contribution >= 4 is 16.5 Å². The van der Waals surface area contributed by atoms with Gasteiger partial charge in [0.15, 0.2) is 0 Å². The molecule has 0 unspecified atom stereocenters. The SMILES string of the molecule is C=C(NN1CCN(Cc2ccccc2)CC1)c1ccc2ccccc2c1. The van der Waals surface area contributed by atoms with Crippen LogP contribution in [0.4, 0.5) is 0 Å². The van der Waals surface area contributed by atoms with Crippen molar-refractivity contribution in [2.75, 3.05) is 26.2 Å². The Balaban J connectivity index is 1.32. The lowest BCUT2D eigenvalue weighted by atomic mass is 10.1. The van der Waals surface area contributed by atoms with E-state index in [2.05, 4.69) is 94.7 Å². The standard InChI is InChI=1S/C23H25N3/c1-19(22-12-11-21-9-5-6-10-23(21)17-22)24-26-15-13-25(14-16-26)18-20-7-3-2-4-8-20/h2-12,17,24H,1,13-16,18H2. The van der Waals surface area contributed by atoms with Gasteiger partial charge in [0.2, 0.25) is 0 Å². The Morgan fingerprint density at radius 2 is 1.50 bits per heavy atom. The first-order valence-electron chi connectivity index (χ1n) is 9.24. The van der Waals surface area contributed by atoms with E-state index in [1.165, 1.54) is 16.3 Å². The molecular weight excluding hydrogens is 318 g/mol. The van der Waals surface area contributed by atoms with Crippen LogP contribution in [0.25, 0.3) is 16.5 Å². The van der Waals surface area contributed by atoms with Crippen molar-refractivity contribution < 1.29 is 0 Å². The zero-order valence-electron chi connectivity index (χ0n) is 15.1. The molecular formula is C23H25N3. The van der Waals surface area contributed by atoms with Crippen LogP contribution < -0.4 is 5.43 Å². The van der Waals surface area contributed by atoms with E-state index in [1.807, 2.05) is 0 Å². The molecule has 0 aromatic heterocycles. The fourth-order valence-corrected chi connectivity index (χ4v) is 3.49. The zero-order valence-corrected chi connectivity index (χ0v) is 15.1. The third-order valence-electron chi connectivity index (χ3n) is 5.01. The summed E-state index contributed by atoms with van der Waals surface area (Å²) in [5, 5.41) is 4.79. The molecule has 0 amide bonds. The third-order valence-corrected chi connectivity index (χ3v) is 5.01. The van der Waals surface area contributed by atoms with Crippen LogP contribution >= 0.6 is 0 Å². The van der Waals surface area contributed by atoms with Crippen molar-refractivity contribution in [3.8, 4) is 0 Å². The van der Waals surface area contributed by atoms with Gasteiger partial charge >= 0.3 is 0 Å². The molecule has 26 heavy (non-hydrogen) atoms. The second-order valence-corrected chi connectivity index (χ2v) is 6.90. The second-order valence-electron chi connectivity index (χ2n) is 6.90. The number of rotatable bonds is 5. The largest absolute Gasteiger partial charge is 0.319 e. The molecule has 0 aliphatic carbocycles. The third kappa shape index (κ3) is 3.96. The summed E-state index contributed by atoms with van der Waals surface area (Å²) in [7, 11) is 0. The van der Waals surface area contributed by atoms with Crippen molar-refractivity contribution in [2.24, 2.45) is 0 Å². The van der Waals surface area contributed by atoms with Crippen molar-refractivity contribution in [2.45, 2.75) is 6.54 Å². The van der Waals surface area contributed by atoms with Crippen LogP contribution in [0.15, 0.2) is 79.4 Å². The lowest BCUT2D eigenvalue weighted by Crippen LogP contribution is -2.50. The number of nitrogens with one attached hydrogen (secondary N) is 1. The molecule has 1 aliphatic rings. The van der Waals surface area contributed by atoms with E-state index >= 15 is 0 Å². The Hall–Kier alpha value is -2.62. The highest BCUT2D eigenvalue weighted by molar-refractivity contribution is 5.85. The molecule has 4 rings (SSSR count). The van der Waals surface area contributed by atoms with Gasteiger partial charge in [-0.05, 0) is 28.0 Å². The van der Waals surface area contributed by atoms with E-state index in [4.69, 9.17) is 0 Å². The molecule has 0 radical (unpaired) electrons. The van der Waals surface area contributed by atoms with Crippen LogP contribution in [0, 0.1) is 0 Å². The molecule has 1 fully saturated rings. The maximum atomic E-state index is 4.25. The van der Waals surface area contributed by atoms with Gasteiger partial charge in [-0.3, -0.25) is 4.90 Å². The van der Waals surface area contributed by atoms with Crippen LogP contribution in [0.3, 0.4) is 0 Å². The Morgan fingerprint density at radius 3 is 2.27 bits per heavy atom. The van der Waals surface area contributed by atoms with Crippen molar-refractivity contribution in [3.63, 3.8) is 0 Å². The molecule has 0 spiro atoms. The first-order chi connectivity index (χ1) is 12.8. The van der Waals surface area contributed by atoms with Gasteiger partial charge < -0.3 is 5.43 Å². The van der Waals surface area contributed by atoms with Gasteiger partial charge in [-0.15, -0.1) is 0 Å². The summed E-state index contributed by atoms with van der Waals surface area (Å²) in [4.78, 5) is 2.51. The molecule has 132 valence electrons. The van der Waals surface area contributed by atoms with E-state index in [0.29, 0.717) is 0 Å². The smallest absolute Gasteiger partial charge is 0.0490 e. The lowest BCUT2D eigenvalue weighted by Gasteiger charge is -2.35. The fraction of sp³-hybridized carbons (Fsp3) is 0.217. The Bertz CT molecular complexity index is 880. The number of hydrogen-bond donors (Lipinski definition) is 1. The van der Waals surface area contributed by atoms with E-state index in [9.17, 15) is 0 Å². The minimum atomic E-state index is 0.965. The molecule has 0 bridgehead atoms. The minimum absolute atomic E-state index is 0.965. The number of hydrazine groups is 1. The molecule has 3 aromatic carbocycles. The van der Waals surface area contributed by atoms with Crippen molar-refractivity contribution in [1.82, 2.24) is 15.3 Å². The predicted octanol–water partition coefficient (Wildman–Crippen LogP) is 4.13. The van der Waals surface area contributed by atoms with E-state index in [1.54, 1.807) is 0 Å². The highest BCUT2D eigenvalue weighted by atomic mass is 15.5. The van der Waals surface area contributed by atoms with Crippen LogP contribution in [0.1, 0.15) is 11.1 Å². The maximum Gasteiger partial charge on any atom is 0.0490 e. The van der Waals surface area contributed by atoms with E-state index < -0.39 is 0 Å². The Kier molecular flexibility index (Phi) is 5.00. The summed E-state index contributed by atoms with van der Waals surface area (Å²) in [6, 6.07) is 25.6. The zero-order chi connectivity index (χ0) is 17.8. The number of piperazine rings is 1. The van der Waals surface area contributed by atoms with Crippen LogP contribution in [0.2, 0.25) is 0 Å². The van der Waals surface area contributed by atoms with Crippen LogP contribution in [0.5, 0.6) is 0 Å². The fourth-order valence-electron chi connectivity index (χ4n) is 3.49. The maximum absolute atomic E-state index is 4.25. The van der Waals surface area contributed by atoms with Gasteiger partial charge in [0, 0.05) is 38.4 Å². The number of nitrogens with zero attached hydrogens (tertiary/aromatic N) is 2.